The number of aromatic hydroxyl groups is 1. The number of alkyl carbamates (subject to hydrolysis) is 1. The number of amides is 1. The largest absolute Gasteiger partial charge is 0.493 e. The van der Waals surface area contributed by atoms with Crippen LogP contribution in [-0.4, -0.2) is 66.3 Å². The molecule has 1 aromatic heterocycles. The number of nitrogens with zero attached hydrogens (tertiary/aromatic N) is 3. The van der Waals surface area contributed by atoms with Crippen LogP contribution < -0.4 is 10.2 Å². The van der Waals surface area contributed by atoms with Crippen LogP contribution in [0, 0.1) is 0 Å². The highest BCUT2D eigenvalue weighted by molar-refractivity contribution is 5.69. The molecule has 138 valence electrons. The number of hydrogen-bond donors (Lipinski definition) is 2. The highest BCUT2D eigenvalue weighted by atomic mass is 16.6. The maximum atomic E-state index is 12.2. The molecule has 0 unspecified atom stereocenters. The molecule has 0 spiro atoms. The summed E-state index contributed by atoms with van der Waals surface area (Å²) in [5.41, 5.74) is -0.939. The number of carbonyl (C=O) groups is 1. The average molecular weight is 352 g/mol. The second-order valence-corrected chi connectivity index (χ2v) is 7.21. The predicted molar refractivity (Wildman–Crippen MR) is 88.6 cm³/mol. The quantitative estimate of drug-likeness (QED) is 0.822. The molecular formula is C16H24N4O5. The molecule has 9 heteroatoms. The summed E-state index contributed by atoms with van der Waals surface area (Å²) in [5.74, 6) is 0.263. The van der Waals surface area contributed by atoms with Gasteiger partial charge in [-0.3, -0.25) is 0 Å². The van der Waals surface area contributed by atoms with Crippen molar-refractivity contribution >= 4 is 12.0 Å². The van der Waals surface area contributed by atoms with Crippen molar-refractivity contribution in [3.05, 3.63) is 11.8 Å². The van der Waals surface area contributed by atoms with Gasteiger partial charge in [-0.25, -0.2) is 9.78 Å². The van der Waals surface area contributed by atoms with Gasteiger partial charge >= 0.3 is 6.09 Å². The number of carbonyl (C=O) groups excluding carboxylic acids is 1. The topological polar surface area (TPSA) is 106 Å². The molecule has 2 fully saturated rings. The van der Waals surface area contributed by atoms with E-state index in [1.165, 1.54) is 6.07 Å². The molecular weight excluding hydrogens is 328 g/mol. The highest BCUT2D eigenvalue weighted by Gasteiger charge is 2.45. The Morgan fingerprint density at radius 1 is 1.28 bits per heavy atom. The zero-order valence-electron chi connectivity index (χ0n) is 14.7. The Morgan fingerprint density at radius 3 is 2.52 bits per heavy atom. The lowest BCUT2D eigenvalue weighted by Crippen LogP contribution is -2.60. The fourth-order valence-electron chi connectivity index (χ4n) is 2.66. The van der Waals surface area contributed by atoms with Crippen molar-refractivity contribution in [1.29, 1.82) is 0 Å². The summed E-state index contributed by atoms with van der Waals surface area (Å²) in [6.07, 6.45) is -0.554. The van der Waals surface area contributed by atoms with Crippen LogP contribution in [0.2, 0.25) is 0 Å². The smallest absolute Gasteiger partial charge is 0.408 e. The molecule has 3 heterocycles. The Morgan fingerprint density at radius 2 is 1.96 bits per heavy atom. The van der Waals surface area contributed by atoms with E-state index in [1.807, 2.05) is 4.90 Å². The van der Waals surface area contributed by atoms with Gasteiger partial charge in [0.05, 0.1) is 32.1 Å². The Balaban J connectivity index is 1.82. The van der Waals surface area contributed by atoms with Crippen LogP contribution in [0.15, 0.2) is 6.07 Å². The number of nitrogens with one attached hydrogen (secondary N) is 1. The van der Waals surface area contributed by atoms with Gasteiger partial charge in [0, 0.05) is 19.2 Å². The SMILES string of the molecule is CC(C)(C)OC(=O)NC1(c2cc(O)nc(N3CCOCC3)n2)COC1. The van der Waals surface area contributed by atoms with Crippen molar-refractivity contribution < 1.29 is 24.1 Å². The first-order valence-corrected chi connectivity index (χ1v) is 8.28. The van der Waals surface area contributed by atoms with E-state index >= 15 is 0 Å². The van der Waals surface area contributed by atoms with Gasteiger partial charge in [0.15, 0.2) is 0 Å². The second-order valence-electron chi connectivity index (χ2n) is 7.21. The molecule has 2 saturated heterocycles. The fourth-order valence-corrected chi connectivity index (χ4v) is 2.66. The summed E-state index contributed by atoms with van der Waals surface area (Å²) in [5, 5.41) is 12.9. The first kappa shape index (κ1) is 17.7. The maximum absolute atomic E-state index is 12.2. The van der Waals surface area contributed by atoms with E-state index in [4.69, 9.17) is 14.2 Å². The van der Waals surface area contributed by atoms with Crippen LogP contribution in [0.4, 0.5) is 10.7 Å². The lowest BCUT2D eigenvalue weighted by atomic mass is 9.93. The first-order chi connectivity index (χ1) is 11.8. The Kier molecular flexibility index (Phi) is 4.70. The van der Waals surface area contributed by atoms with Gasteiger partial charge < -0.3 is 29.5 Å². The number of morpholine rings is 1. The predicted octanol–water partition coefficient (Wildman–Crippen LogP) is 0.769. The van der Waals surface area contributed by atoms with Crippen molar-refractivity contribution in [2.75, 3.05) is 44.4 Å². The molecule has 9 nitrogen and oxygen atoms in total. The number of aromatic nitrogens is 2. The molecule has 2 N–H and O–H groups in total. The maximum Gasteiger partial charge on any atom is 0.408 e. The van der Waals surface area contributed by atoms with Crippen molar-refractivity contribution in [2.45, 2.75) is 31.9 Å². The molecule has 1 amide bonds. The summed E-state index contributed by atoms with van der Waals surface area (Å²) in [4.78, 5) is 22.8. The van der Waals surface area contributed by atoms with Gasteiger partial charge in [-0.15, -0.1) is 0 Å². The molecule has 0 aliphatic carbocycles. The van der Waals surface area contributed by atoms with Gasteiger partial charge in [-0.2, -0.15) is 4.98 Å². The Bertz CT molecular complexity index is 636. The van der Waals surface area contributed by atoms with Crippen LogP contribution in [0.25, 0.3) is 0 Å². The molecule has 3 rings (SSSR count). The van der Waals surface area contributed by atoms with E-state index in [-0.39, 0.29) is 19.1 Å². The van der Waals surface area contributed by atoms with E-state index in [9.17, 15) is 9.90 Å². The second kappa shape index (κ2) is 6.64. The average Bonchev–Trinajstić information content (AvgIpc) is 2.49. The molecule has 2 aliphatic heterocycles. The van der Waals surface area contributed by atoms with Gasteiger partial charge in [-0.05, 0) is 20.8 Å². The van der Waals surface area contributed by atoms with Crippen molar-refractivity contribution in [3.8, 4) is 5.88 Å². The lowest BCUT2D eigenvalue weighted by Gasteiger charge is -2.41. The molecule has 25 heavy (non-hydrogen) atoms. The minimum absolute atomic E-state index is 0.149. The number of rotatable bonds is 3. The van der Waals surface area contributed by atoms with Crippen LogP contribution in [-0.2, 0) is 19.7 Å². The summed E-state index contributed by atoms with van der Waals surface area (Å²) in [6, 6.07) is 1.45. The van der Waals surface area contributed by atoms with Gasteiger partial charge in [0.25, 0.3) is 0 Å². The third-order valence-electron chi connectivity index (χ3n) is 3.92. The van der Waals surface area contributed by atoms with Crippen LogP contribution in [0.5, 0.6) is 5.88 Å². The van der Waals surface area contributed by atoms with Crippen molar-refractivity contribution in [2.24, 2.45) is 0 Å². The standard InChI is InChI=1S/C16H24N4O5/c1-15(2,3)25-14(22)19-16(9-24-10-16)11-8-12(21)18-13(17-11)20-4-6-23-7-5-20/h8H,4-7,9-10H2,1-3H3,(H,19,22)(H,17,18,21). The monoisotopic (exact) mass is 352 g/mol. The highest BCUT2D eigenvalue weighted by Crippen LogP contribution is 2.31. The zero-order valence-corrected chi connectivity index (χ0v) is 14.7. The number of anilines is 1. The summed E-state index contributed by atoms with van der Waals surface area (Å²) in [6.45, 7) is 8.35. The van der Waals surface area contributed by atoms with E-state index in [2.05, 4.69) is 15.3 Å². The third kappa shape index (κ3) is 4.10. The minimum Gasteiger partial charge on any atom is -0.493 e. The summed E-state index contributed by atoms with van der Waals surface area (Å²) < 4.78 is 16.0. The third-order valence-corrected chi connectivity index (χ3v) is 3.92. The first-order valence-electron chi connectivity index (χ1n) is 8.28. The minimum atomic E-state index is -0.830. The van der Waals surface area contributed by atoms with Gasteiger partial charge in [-0.1, -0.05) is 0 Å². The summed E-state index contributed by atoms with van der Waals surface area (Å²) >= 11 is 0. The van der Waals surface area contributed by atoms with Crippen molar-refractivity contribution in [1.82, 2.24) is 15.3 Å². The van der Waals surface area contributed by atoms with E-state index in [0.29, 0.717) is 37.9 Å². The molecule has 1 aromatic rings. The number of ether oxygens (including phenoxy) is 3. The molecule has 0 atom stereocenters. The Hall–Kier alpha value is -2.13. The van der Waals surface area contributed by atoms with Gasteiger partial charge in [0.1, 0.15) is 11.1 Å². The van der Waals surface area contributed by atoms with E-state index in [0.717, 1.165) is 0 Å². The molecule has 0 bridgehead atoms. The summed E-state index contributed by atoms with van der Waals surface area (Å²) in [7, 11) is 0. The van der Waals surface area contributed by atoms with Crippen molar-refractivity contribution in [3.63, 3.8) is 0 Å². The lowest BCUT2D eigenvalue weighted by molar-refractivity contribution is -0.0819. The fraction of sp³-hybridized carbons (Fsp3) is 0.688. The van der Waals surface area contributed by atoms with E-state index < -0.39 is 17.2 Å². The normalized spacial score (nSPS) is 19.9. The Labute approximate surface area is 146 Å². The van der Waals surface area contributed by atoms with Crippen LogP contribution in [0.1, 0.15) is 26.5 Å². The molecule has 0 radical (unpaired) electrons. The molecule has 0 saturated carbocycles. The van der Waals surface area contributed by atoms with Gasteiger partial charge in [0.2, 0.25) is 11.8 Å². The zero-order chi connectivity index (χ0) is 18.1. The number of hydrogen-bond acceptors (Lipinski definition) is 8. The van der Waals surface area contributed by atoms with Crippen LogP contribution in [0.3, 0.4) is 0 Å². The molecule has 2 aliphatic rings. The molecule has 0 aromatic carbocycles. The van der Waals surface area contributed by atoms with E-state index in [1.54, 1.807) is 20.8 Å². The van der Waals surface area contributed by atoms with Crippen LogP contribution >= 0.6 is 0 Å².